The fourth-order valence-corrected chi connectivity index (χ4v) is 1.76. The van der Waals surface area contributed by atoms with Gasteiger partial charge in [-0.2, -0.15) is 5.23 Å². The average Bonchev–Trinajstić information content (AvgIpc) is 2.43. The molecule has 0 aliphatic carbocycles. The predicted molar refractivity (Wildman–Crippen MR) is 79.5 cm³/mol. The van der Waals surface area contributed by atoms with Crippen LogP contribution in [0.1, 0.15) is 17.0 Å². The summed E-state index contributed by atoms with van der Waals surface area (Å²) in [5, 5.41) is 18.6. The van der Waals surface area contributed by atoms with Crippen LogP contribution >= 0.6 is 0 Å². The van der Waals surface area contributed by atoms with Crippen LogP contribution in [0.2, 0.25) is 0 Å². The molecule has 0 spiro atoms. The first kappa shape index (κ1) is 14.9. The normalized spacial score (nSPS) is 12.4. The van der Waals surface area contributed by atoms with E-state index in [1.165, 1.54) is 0 Å². The van der Waals surface area contributed by atoms with Gasteiger partial charge in [-0.15, -0.1) is 0 Å². The Morgan fingerprint density at radius 2 is 1.76 bits per heavy atom. The van der Waals surface area contributed by atoms with E-state index < -0.39 is 5.23 Å². The highest BCUT2D eigenvalue weighted by Crippen LogP contribution is 2.06. The maximum Gasteiger partial charge on any atom is 0.242 e. The van der Waals surface area contributed by atoms with E-state index in [0.29, 0.717) is 5.95 Å². The van der Waals surface area contributed by atoms with Gasteiger partial charge in [0.1, 0.15) is 0 Å². The summed E-state index contributed by atoms with van der Waals surface area (Å²) in [6.07, 6.45) is 3.50. The molecule has 0 fully saturated rings. The second-order valence-electron chi connectivity index (χ2n) is 4.50. The van der Waals surface area contributed by atoms with Crippen LogP contribution in [0, 0.1) is 19.1 Å². The first-order valence-electron chi connectivity index (χ1n) is 6.38. The van der Waals surface area contributed by atoms with Crippen molar-refractivity contribution in [3.05, 3.63) is 58.7 Å². The van der Waals surface area contributed by atoms with E-state index in [1.807, 2.05) is 19.9 Å². The standard InChI is InChI=1S/C14H17N5O2/c1-10-9-11(2)17-14(16-10)18-15-8-7-12-3-5-13(6-4-12)19(20)21/h3-9,15,19-20H,1-2H3,(H,16,17,18). The molecule has 110 valence electrons. The molecule has 0 aliphatic rings. The Balaban J connectivity index is 1.90. The van der Waals surface area contributed by atoms with E-state index in [0.717, 1.165) is 17.0 Å². The van der Waals surface area contributed by atoms with Gasteiger partial charge in [0.25, 0.3) is 0 Å². The molecule has 2 rings (SSSR count). The zero-order chi connectivity index (χ0) is 15.2. The maximum atomic E-state index is 10.7. The molecular formula is C14H17N5O2. The van der Waals surface area contributed by atoms with Crippen molar-refractivity contribution in [3.8, 4) is 0 Å². The molecule has 7 heteroatoms. The molecule has 1 atom stereocenters. The van der Waals surface area contributed by atoms with Crippen molar-refractivity contribution in [2.24, 2.45) is 0 Å². The van der Waals surface area contributed by atoms with Crippen LogP contribution in [0.3, 0.4) is 0 Å². The monoisotopic (exact) mass is 287 g/mol. The lowest BCUT2D eigenvalue weighted by atomic mass is 10.2. The minimum absolute atomic E-state index is 0.266. The summed E-state index contributed by atoms with van der Waals surface area (Å²) in [5.74, 6) is 0.498. The van der Waals surface area contributed by atoms with Gasteiger partial charge in [0.05, 0.1) is 0 Å². The molecule has 4 N–H and O–H groups in total. The summed E-state index contributed by atoms with van der Waals surface area (Å²) in [7, 11) is 0. The summed E-state index contributed by atoms with van der Waals surface area (Å²) in [4.78, 5) is 8.45. The molecule has 2 aromatic rings. The highest BCUT2D eigenvalue weighted by molar-refractivity contribution is 5.51. The van der Waals surface area contributed by atoms with Gasteiger partial charge < -0.3 is 10.6 Å². The van der Waals surface area contributed by atoms with Gasteiger partial charge in [-0.05, 0) is 43.7 Å². The van der Waals surface area contributed by atoms with Gasteiger partial charge in [-0.1, -0.05) is 0 Å². The number of aryl methyl sites for hydroxylation is 2. The van der Waals surface area contributed by atoms with Crippen LogP contribution in [0.4, 0.5) is 11.6 Å². The van der Waals surface area contributed by atoms with Crippen LogP contribution < -0.4 is 16.1 Å². The number of quaternary nitrogens is 1. The van der Waals surface area contributed by atoms with E-state index >= 15 is 0 Å². The van der Waals surface area contributed by atoms with Crippen molar-refractivity contribution in [2.75, 3.05) is 5.43 Å². The quantitative estimate of drug-likeness (QED) is 0.614. The molecule has 21 heavy (non-hydrogen) atoms. The minimum atomic E-state index is -0.933. The summed E-state index contributed by atoms with van der Waals surface area (Å²) >= 11 is 0. The van der Waals surface area contributed by atoms with Crippen LogP contribution in [-0.2, 0) is 0 Å². The van der Waals surface area contributed by atoms with Gasteiger partial charge in [0.15, 0.2) is 5.69 Å². The van der Waals surface area contributed by atoms with Crippen LogP contribution in [0.25, 0.3) is 6.08 Å². The number of hydrogen-bond donors (Lipinski definition) is 4. The van der Waals surface area contributed by atoms with Gasteiger partial charge >= 0.3 is 0 Å². The predicted octanol–water partition coefficient (Wildman–Crippen LogP) is 1.08. The number of rotatable bonds is 5. The Morgan fingerprint density at radius 1 is 1.14 bits per heavy atom. The third-order valence-electron chi connectivity index (χ3n) is 2.68. The fraction of sp³-hybridized carbons (Fsp3) is 0.143. The lowest BCUT2D eigenvalue weighted by molar-refractivity contribution is -0.991. The SMILES string of the molecule is Cc1cc(C)nc(NNC=Cc2ccc([NH+]([O-])O)cc2)n1. The number of aromatic nitrogens is 2. The number of nitrogens with zero attached hydrogens (tertiary/aromatic N) is 2. The lowest BCUT2D eigenvalue weighted by Gasteiger charge is -2.10. The molecule has 0 aliphatic heterocycles. The fourth-order valence-electron chi connectivity index (χ4n) is 1.76. The number of nitrogens with one attached hydrogen (secondary N) is 3. The van der Waals surface area contributed by atoms with E-state index in [-0.39, 0.29) is 5.69 Å². The van der Waals surface area contributed by atoms with Crippen molar-refractivity contribution >= 4 is 17.7 Å². The van der Waals surface area contributed by atoms with Crippen molar-refractivity contribution < 1.29 is 10.4 Å². The zero-order valence-electron chi connectivity index (χ0n) is 11.8. The molecule has 0 saturated heterocycles. The Morgan fingerprint density at radius 3 is 2.33 bits per heavy atom. The van der Waals surface area contributed by atoms with E-state index in [9.17, 15) is 5.21 Å². The Labute approximate surface area is 122 Å². The van der Waals surface area contributed by atoms with Crippen molar-refractivity contribution in [3.63, 3.8) is 0 Å². The molecule has 1 unspecified atom stereocenters. The third-order valence-corrected chi connectivity index (χ3v) is 2.68. The molecule has 1 heterocycles. The van der Waals surface area contributed by atoms with E-state index in [1.54, 1.807) is 36.5 Å². The number of hydrogen-bond acceptors (Lipinski definition) is 6. The van der Waals surface area contributed by atoms with E-state index in [2.05, 4.69) is 20.8 Å². The highest BCUT2D eigenvalue weighted by Gasteiger charge is 1.98. The topological polar surface area (TPSA) is 97.6 Å². The summed E-state index contributed by atoms with van der Waals surface area (Å²) in [5.41, 5.74) is 8.67. The molecule has 0 amide bonds. The molecule has 0 radical (unpaired) electrons. The summed E-state index contributed by atoms with van der Waals surface area (Å²) < 4.78 is 0. The summed E-state index contributed by atoms with van der Waals surface area (Å²) in [6, 6.07) is 8.47. The van der Waals surface area contributed by atoms with Gasteiger partial charge in [0, 0.05) is 29.7 Å². The summed E-state index contributed by atoms with van der Waals surface area (Å²) in [6.45, 7) is 3.80. The number of benzene rings is 1. The maximum absolute atomic E-state index is 10.7. The first-order valence-corrected chi connectivity index (χ1v) is 6.38. The van der Waals surface area contributed by atoms with Crippen molar-refractivity contribution in [1.29, 1.82) is 0 Å². The zero-order valence-corrected chi connectivity index (χ0v) is 11.8. The molecule has 1 aromatic heterocycles. The molecule has 0 bridgehead atoms. The van der Waals surface area contributed by atoms with Crippen molar-refractivity contribution in [1.82, 2.24) is 15.4 Å². The average molecular weight is 287 g/mol. The van der Waals surface area contributed by atoms with Crippen LogP contribution in [0.5, 0.6) is 0 Å². The first-order chi connectivity index (χ1) is 10.0. The molecular weight excluding hydrogens is 270 g/mol. The lowest BCUT2D eigenvalue weighted by Crippen LogP contribution is -2.99. The van der Waals surface area contributed by atoms with Gasteiger partial charge in [0.2, 0.25) is 5.95 Å². The molecule has 1 aromatic carbocycles. The highest BCUT2D eigenvalue weighted by atomic mass is 16.8. The van der Waals surface area contributed by atoms with Crippen LogP contribution in [0.15, 0.2) is 36.5 Å². The minimum Gasteiger partial charge on any atom is -0.595 e. The molecule has 0 saturated carbocycles. The third kappa shape index (κ3) is 4.53. The van der Waals surface area contributed by atoms with Crippen molar-refractivity contribution in [2.45, 2.75) is 13.8 Å². The molecule has 7 nitrogen and oxygen atoms in total. The smallest absolute Gasteiger partial charge is 0.242 e. The van der Waals surface area contributed by atoms with E-state index in [4.69, 9.17) is 5.21 Å². The Bertz CT molecular complexity index is 606. The largest absolute Gasteiger partial charge is 0.595 e. The number of anilines is 1. The second-order valence-corrected chi connectivity index (χ2v) is 4.50. The van der Waals surface area contributed by atoms with Crippen LogP contribution in [-0.4, -0.2) is 15.2 Å². The van der Waals surface area contributed by atoms with Gasteiger partial charge in [-0.3, -0.25) is 5.43 Å². The second kappa shape index (κ2) is 6.80. The number of hydrazine groups is 1. The Kier molecular flexibility index (Phi) is 4.83. The Hall–Kier alpha value is -2.48. The van der Waals surface area contributed by atoms with Gasteiger partial charge in [-0.25, -0.2) is 15.2 Å².